The minimum atomic E-state index is -0.0833. The van der Waals surface area contributed by atoms with Crippen LogP contribution in [0.2, 0.25) is 0 Å². The lowest BCUT2D eigenvalue weighted by atomic mass is 10.2. The molecule has 0 spiro atoms. The van der Waals surface area contributed by atoms with Crippen LogP contribution in [0.4, 0.5) is 0 Å². The van der Waals surface area contributed by atoms with Crippen LogP contribution < -0.4 is 10.9 Å². The summed E-state index contributed by atoms with van der Waals surface area (Å²) in [6.07, 6.45) is 2.45. The third-order valence-electron chi connectivity index (χ3n) is 3.06. The van der Waals surface area contributed by atoms with E-state index in [9.17, 15) is 9.59 Å². The van der Waals surface area contributed by atoms with Gasteiger partial charge in [0.25, 0.3) is 5.56 Å². The lowest BCUT2D eigenvalue weighted by molar-refractivity contribution is -0.118. The van der Waals surface area contributed by atoms with E-state index in [1.165, 1.54) is 11.8 Å². The summed E-state index contributed by atoms with van der Waals surface area (Å²) >= 11 is 2.90. The average Bonchev–Trinajstić information content (AvgIpc) is 2.83. The summed E-state index contributed by atoms with van der Waals surface area (Å²) in [7, 11) is 0. The van der Waals surface area contributed by atoms with E-state index in [2.05, 4.69) is 23.8 Å². The number of hydrogen-bond donors (Lipinski definition) is 1. The third-order valence-corrected chi connectivity index (χ3v) is 5.25. The highest BCUT2D eigenvalue weighted by atomic mass is 32.2. The highest BCUT2D eigenvalue weighted by Crippen LogP contribution is 2.34. The number of carbonyl (C=O) groups excluding carboxylic acids is 1. The zero-order chi connectivity index (χ0) is 15.4. The molecule has 1 aliphatic rings. The highest BCUT2D eigenvalue weighted by molar-refractivity contribution is 8.00. The minimum Gasteiger partial charge on any atom is -0.352 e. The van der Waals surface area contributed by atoms with E-state index in [1.54, 1.807) is 22.4 Å². The second-order valence-corrected chi connectivity index (χ2v) is 7.12. The molecule has 1 amide bonds. The lowest BCUT2D eigenvalue weighted by Crippen LogP contribution is -2.27. The molecule has 114 valence electrons. The van der Waals surface area contributed by atoms with Crippen LogP contribution in [0.25, 0.3) is 0 Å². The van der Waals surface area contributed by atoms with Gasteiger partial charge in [0, 0.05) is 24.8 Å². The van der Waals surface area contributed by atoms with E-state index in [0.717, 1.165) is 17.0 Å². The van der Waals surface area contributed by atoms with Crippen molar-refractivity contribution in [2.75, 3.05) is 12.3 Å². The molecule has 21 heavy (non-hydrogen) atoms. The summed E-state index contributed by atoms with van der Waals surface area (Å²) in [5.41, 5.74) is 0.891. The van der Waals surface area contributed by atoms with Crippen LogP contribution in [0.5, 0.6) is 0 Å². The van der Waals surface area contributed by atoms with E-state index in [0.29, 0.717) is 23.5 Å². The van der Waals surface area contributed by atoms with Gasteiger partial charge in [-0.15, -0.1) is 18.3 Å². The predicted octanol–water partition coefficient (Wildman–Crippen LogP) is 1.69. The molecule has 2 heterocycles. The predicted molar refractivity (Wildman–Crippen MR) is 87.1 cm³/mol. The van der Waals surface area contributed by atoms with E-state index < -0.39 is 0 Å². The molecule has 1 aromatic rings. The van der Waals surface area contributed by atoms with Crippen LogP contribution in [0.3, 0.4) is 0 Å². The third kappa shape index (κ3) is 3.71. The summed E-state index contributed by atoms with van der Waals surface area (Å²) in [6.45, 7) is 8.58. The second kappa shape index (κ2) is 7.17. The molecule has 1 aliphatic heterocycles. The molecule has 2 rings (SSSR count). The molecule has 0 saturated carbocycles. The zero-order valence-corrected chi connectivity index (χ0v) is 13.9. The van der Waals surface area contributed by atoms with Gasteiger partial charge in [-0.25, -0.2) is 4.98 Å². The number of carbonyl (C=O) groups is 1. The van der Waals surface area contributed by atoms with Crippen molar-refractivity contribution in [3.8, 4) is 0 Å². The van der Waals surface area contributed by atoms with Crippen LogP contribution in [0.1, 0.15) is 19.5 Å². The van der Waals surface area contributed by atoms with Crippen molar-refractivity contribution in [1.29, 1.82) is 0 Å². The van der Waals surface area contributed by atoms with Gasteiger partial charge in [0.05, 0.1) is 16.3 Å². The Morgan fingerprint density at radius 3 is 3.10 bits per heavy atom. The van der Waals surface area contributed by atoms with Crippen molar-refractivity contribution in [2.24, 2.45) is 0 Å². The maximum Gasteiger partial charge on any atom is 0.268 e. The molecule has 5 nitrogen and oxygen atoms in total. The number of nitrogens with zero attached hydrogens (tertiary/aromatic N) is 2. The maximum atomic E-state index is 12.4. The number of thioether (sulfide) groups is 2. The Morgan fingerprint density at radius 1 is 1.67 bits per heavy atom. The fraction of sp³-hybridized carbons (Fsp3) is 0.500. The molecule has 1 unspecified atom stereocenters. The second-order valence-electron chi connectivity index (χ2n) is 4.73. The van der Waals surface area contributed by atoms with Crippen LogP contribution in [-0.4, -0.2) is 33.0 Å². The quantitative estimate of drug-likeness (QED) is 0.490. The zero-order valence-electron chi connectivity index (χ0n) is 12.2. The molecule has 0 aliphatic carbocycles. The first kappa shape index (κ1) is 16.2. The molecular formula is C14H19N3O2S2. The first-order valence-electron chi connectivity index (χ1n) is 6.87. The minimum absolute atomic E-state index is 0.0193. The first-order valence-corrected chi connectivity index (χ1v) is 8.74. The topological polar surface area (TPSA) is 64.0 Å². The normalized spacial score (nSPS) is 16.6. The van der Waals surface area contributed by atoms with Gasteiger partial charge >= 0.3 is 0 Å². The molecule has 0 bridgehead atoms. The average molecular weight is 325 g/mol. The van der Waals surface area contributed by atoms with E-state index in [1.807, 2.05) is 6.92 Å². The molecular weight excluding hydrogens is 306 g/mol. The van der Waals surface area contributed by atoms with E-state index in [-0.39, 0.29) is 17.2 Å². The summed E-state index contributed by atoms with van der Waals surface area (Å²) in [5.74, 6) is 0.168. The SMILES string of the molecule is C=CCNC(=O)CSc1nc2c(c(=O)n1CC)SC(C)C2. The van der Waals surface area contributed by atoms with Crippen molar-refractivity contribution < 1.29 is 4.79 Å². The Morgan fingerprint density at radius 2 is 2.43 bits per heavy atom. The largest absolute Gasteiger partial charge is 0.352 e. The Balaban J connectivity index is 2.18. The van der Waals surface area contributed by atoms with Crippen molar-refractivity contribution in [2.45, 2.75) is 42.1 Å². The lowest BCUT2D eigenvalue weighted by Gasteiger charge is -2.11. The van der Waals surface area contributed by atoms with Gasteiger partial charge in [0.15, 0.2) is 5.16 Å². The van der Waals surface area contributed by atoms with Crippen LogP contribution in [0, 0.1) is 0 Å². The summed E-state index contributed by atoms with van der Waals surface area (Å²) in [5, 5.41) is 3.74. The van der Waals surface area contributed by atoms with E-state index >= 15 is 0 Å². The molecule has 1 atom stereocenters. The van der Waals surface area contributed by atoms with Gasteiger partial charge in [0.1, 0.15) is 0 Å². The Kier molecular flexibility index (Phi) is 5.52. The van der Waals surface area contributed by atoms with Gasteiger partial charge in [-0.05, 0) is 6.92 Å². The summed E-state index contributed by atoms with van der Waals surface area (Å²) in [6, 6.07) is 0. The van der Waals surface area contributed by atoms with Crippen molar-refractivity contribution in [3.63, 3.8) is 0 Å². The summed E-state index contributed by atoms with van der Waals surface area (Å²) < 4.78 is 1.65. The number of fused-ring (bicyclic) bond motifs is 1. The van der Waals surface area contributed by atoms with Gasteiger partial charge in [-0.2, -0.15) is 0 Å². The van der Waals surface area contributed by atoms with E-state index in [4.69, 9.17) is 0 Å². The number of amides is 1. The fourth-order valence-electron chi connectivity index (χ4n) is 2.09. The molecule has 0 fully saturated rings. The number of rotatable bonds is 6. The first-order chi connectivity index (χ1) is 10.1. The standard InChI is InChI=1S/C14H19N3O2S2/c1-4-6-15-11(18)8-20-14-16-10-7-9(3)21-12(10)13(19)17(14)5-2/h4,9H,1,5-8H2,2-3H3,(H,15,18). The Labute approximate surface area is 132 Å². The smallest absolute Gasteiger partial charge is 0.268 e. The molecule has 0 radical (unpaired) electrons. The van der Waals surface area contributed by atoms with Gasteiger partial charge in [-0.3, -0.25) is 14.2 Å². The monoisotopic (exact) mass is 325 g/mol. The number of aromatic nitrogens is 2. The van der Waals surface area contributed by atoms with Crippen LogP contribution >= 0.6 is 23.5 Å². The molecule has 1 aromatic heterocycles. The Hall–Kier alpha value is -1.21. The number of nitrogens with one attached hydrogen (secondary N) is 1. The molecule has 7 heteroatoms. The maximum absolute atomic E-state index is 12.4. The molecule has 1 N–H and O–H groups in total. The van der Waals surface area contributed by atoms with Crippen molar-refractivity contribution in [1.82, 2.24) is 14.9 Å². The highest BCUT2D eigenvalue weighted by Gasteiger charge is 2.26. The van der Waals surface area contributed by atoms with Crippen molar-refractivity contribution in [3.05, 3.63) is 28.7 Å². The van der Waals surface area contributed by atoms with Crippen molar-refractivity contribution >= 4 is 29.4 Å². The van der Waals surface area contributed by atoms with Crippen LogP contribution in [-0.2, 0) is 17.8 Å². The van der Waals surface area contributed by atoms with Gasteiger partial charge in [-0.1, -0.05) is 24.8 Å². The van der Waals surface area contributed by atoms with Crippen LogP contribution in [0.15, 0.2) is 27.5 Å². The van der Waals surface area contributed by atoms with Gasteiger partial charge < -0.3 is 5.32 Å². The number of hydrogen-bond acceptors (Lipinski definition) is 5. The van der Waals surface area contributed by atoms with Gasteiger partial charge in [0.2, 0.25) is 5.91 Å². The molecule has 0 aromatic carbocycles. The summed E-state index contributed by atoms with van der Waals surface area (Å²) in [4.78, 5) is 29.5. The molecule has 0 saturated heterocycles. The Bertz CT molecular complexity index is 613. The fourth-order valence-corrected chi connectivity index (χ4v) is 4.11.